The summed E-state index contributed by atoms with van der Waals surface area (Å²) in [7, 11) is 1.79. The lowest BCUT2D eigenvalue weighted by Crippen LogP contribution is -2.55. The maximum Gasteiger partial charge on any atom is 0.515 e. The summed E-state index contributed by atoms with van der Waals surface area (Å²) in [4.78, 5) is 0.405. The number of hydrogen-bond donors (Lipinski definition) is 0. The van der Waals surface area contributed by atoms with Gasteiger partial charge in [-0.1, -0.05) is 167 Å². The molecule has 12 heteroatoms. The van der Waals surface area contributed by atoms with Crippen LogP contribution < -0.4 is 0 Å². The lowest BCUT2D eigenvalue weighted by atomic mass is 10.1. The van der Waals surface area contributed by atoms with Crippen LogP contribution in [0.25, 0.3) is 0 Å². The standard InChI is InChI=1S/C38H82O6S4Si2/c1-9-17-19-21-23-25-27-29-37(49(39-31-11-3,40-32-12-4)41-33-13-5)45-47-48-46-38(30-28-26-24-22-20-18-10-2)50(42-34-14-6,43-35-15-7)44-36-16-8/h37-38H,9-36H2,1-8H3. The van der Waals surface area contributed by atoms with Crippen molar-refractivity contribution in [3.63, 3.8) is 0 Å². The second-order valence-electron chi connectivity index (χ2n) is 13.4. The fourth-order valence-corrected chi connectivity index (χ4v) is 23.7. The third-order valence-electron chi connectivity index (χ3n) is 8.31. The van der Waals surface area contributed by atoms with Crippen molar-refractivity contribution in [1.82, 2.24) is 0 Å². The molecule has 50 heavy (non-hydrogen) atoms. The Kier molecular flexibility index (Phi) is 38.7. The first-order chi connectivity index (χ1) is 24.5. The minimum atomic E-state index is -2.92. The summed E-state index contributed by atoms with van der Waals surface area (Å²) in [5, 5.41) is 0. The van der Waals surface area contributed by atoms with Gasteiger partial charge in [-0.2, -0.15) is 0 Å². The highest BCUT2D eigenvalue weighted by atomic mass is 33.7. The van der Waals surface area contributed by atoms with Crippen LogP contribution in [-0.4, -0.2) is 67.0 Å². The van der Waals surface area contributed by atoms with Gasteiger partial charge in [-0.05, 0) is 71.0 Å². The quantitative estimate of drug-likeness (QED) is 0.0339. The normalized spacial score (nSPS) is 13.7. The van der Waals surface area contributed by atoms with E-state index in [1.54, 1.807) is 0 Å². The third kappa shape index (κ3) is 24.9. The predicted molar refractivity (Wildman–Crippen MR) is 232 cm³/mol. The third-order valence-corrected chi connectivity index (χ3v) is 24.2. The van der Waals surface area contributed by atoms with Gasteiger partial charge in [-0.15, -0.1) is 0 Å². The maximum absolute atomic E-state index is 6.71. The van der Waals surface area contributed by atoms with E-state index in [0.717, 1.165) is 51.4 Å². The first-order valence-corrected chi connectivity index (χ1v) is 29.5. The van der Waals surface area contributed by atoms with Crippen LogP contribution >= 0.6 is 41.2 Å². The molecule has 0 aromatic heterocycles. The minimum absolute atomic E-state index is 0.202. The predicted octanol–water partition coefficient (Wildman–Crippen LogP) is 14.2. The molecular weight excluding hydrogens is 737 g/mol. The lowest BCUT2D eigenvalue weighted by Gasteiger charge is -2.36. The van der Waals surface area contributed by atoms with Crippen molar-refractivity contribution >= 4 is 58.8 Å². The molecule has 0 amide bonds. The largest absolute Gasteiger partial charge is 0.515 e. The van der Waals surface area contributed by atoms with E-state index in [1.807, 2.05) is 41.2 Å². The molecule has 0 radical (unpaired) electrons. The molecule has 0 bridgehead atoms. The molecule has 0 aliphatic heterocycles. The molecule has 0 spiro atoms. The van der Waals surface area contributed by atoms with E-state index in [4.69, 9.17) is 26.6 Å². The van der Waals surface area contributed by atoms with Gasteiger partial charge >= 0.3 is 17.6 Å². The highest BCUT2D eigenvalue weighted by Gasteiger charge is 2.52. The molecule has 0 heterocycles. The van der Waals surface area contributed by atoms with Crippen molar-refractivity contribution in [2.24, 2.45) is 0 Å². The van der Waals surface area contributed by atoms with Crippen LogP contribution in [0.5, 0.6) is 0 Å². The zero-order valence-corrected chi connectivity index (χ0v) is 39.3. The van der Waals surface area contributed by atoms with E-state index in [2.05, 4.69) is 55.4 Å². The Balaban J connectivity index is 6.02. The SMILES string of the molecule is CCCCCCCCCC(SSSSC(CCCCCCCCC)[Si](OCCC)(OCCC)OCCC)[Si](OCCC)(OCCC)OCCC. The molecule has 2 atom stereocenters. The van der Waals surface area contributed by atoms with Crippen molar-refractivity contribution in [3.05, 3.63) is 0 Å². The summed E-state index contributed by atoms with van der Waals surface area (Å²) in [6.07, 6.45) is 26.1. The summed E-state index contributed by atoms with van der Waals surface area (Å²) in [6, 6.07) is 0. The average Bonchev–Trinajstić information content (AvgIpc) is 3.13. The van der Waals surface area contributed by atoms with Crippen LogP contribution in [0.15, 0.2) is 0 Å². The van der Waals surface area contributed by atoms with E-state index in [9.17, 15) is 0 Å². The summed E-state index contributed by atoms with van der Waals surface area (Å²) in [5.41, 5.74) is 0. The smallest absolute Gasteiger partial charge is 0.373 e. The Morgan fingerprint density at radius 1 is 0.320 bits per heavy atom. The Hall–Kier alpha value is 1.59. The first kappa shape index (κ1) is 51.6. The number of hydrogen-bond acceptors (Lipinski definition) is 10. The summed E-state index contributed by atoms with van der Waals surface area (Å²) in [5.74, 6) is 0. The Morgan fingerprint density at radius 2 is 0.560 bits per heavy atom. The topological polar surface area (TPSA) is 55.4 Å². The van der Waals surface area contributed by atoms with Crippen molar-refractivity contribution in [1.29, 1.82) is 0 Å². The number of rotatable bonds is 41. The van der Waals surface area contributed by atoms with Gasteiger partial charge in [0.05, 0.1) is 9.75 Å². The molecule has 2 unspecified atom stereocenters. The molecule has 0 rings (SSSR count). The van der Waals surface area contributed by atoms with E-state index in [1.165, 1.54) is 89.9 Å². The van der Waals surface area contributed by atoms with Gasteiger partial charge in [0.25, 0.3) is 0 Å². The number of unbranched alkanes of at least 4 members (excludes halogenated alkanes) is 12. The van der Waals surface area contributed by atoms with E-state index in [-0.39, 0.29) is 9.75 Å². The van der Waals surface area contributed by atoms with Crippen molar-refractivity contribution < 1.29 is 26.6 Å². The second kappa shape index (κ2) is 37.5. The van der Waals surface area contributed by atoms with Gasteiger partial charge < -0.3 is 26.6 Å². The zero-order chi connectivity index (χ0) is 37.0. The lowest BCUT2D eigenvalue weighted by molar-refractivity contribution is 0.0562. The van der Waals surface area contributed by atoms with Crippen molar-refractivity contribution in [2.75, 3.05) is 39.6 Å². The zero-order valence-electron chi connectivity index (χ0n) is 34.0. The second-order valence-corrected chi connectivity index (χ2v) is 26.0. The van der Waals surface area contributed by atoms with Gasteiger partial charge in [0, 0.05) is 39.6 Å². The molecular formula is C38H82O6S4Si2. The van der Waals surface area contributed by atoms with Gasteiger partial charge in [-0.3, -0.25) is 0 Å². The maximum atomic E-state index is 6.71. The van der Waals surface area contributed by atoms with E-state index >= 15 is 0 Å². The molecule has 0 aromatic rings. The molecule has 0 N–H and O–H groups in total. The molecule has 0 aliphatic carbocycles. The minimum Gasteiger partial charge on any atom is -0.373 e. The van der Waals surface area contributed by atoms with Crippen molar-refractivity contribution in [3.8, 4) is 0 Å². The highest BCUT2D eigenvalue weighted by molar-refractivity contribution is 9.26. The van der Waals surface area contributed by atoms with Gasteiger partial charge in [0.15, 0.2) is 0 Å². The fraction of sp³-hybridized carbons (Fsp3) is 1.00. The Morgan fingerprint density at radius 3 is 0.800 bits per heavy atom. The van der Waals surface area contributed by atoms with Crippen molar-refractivity contribution in [2.45, 2.75) is 206 Å². The molecule has 302 valence electrons. The molecule has 0 fully saturated rings. The monoisotopic (exact) mass is 818 g/mol. The van der Waals surface area contributed by atoms with Crippen LogP contribution in [-0.2, 0) is 26.6 Å². The fourth-order valence-electron chi connectivity index (χ4n) is 5.54. The van der Waals surface area contributed by atoms with Gasteiger partial charge in [-0.25, -0.2) is 0 Å². The van der Waals surface area contributed by atoms with Crippen LogP contribution in [0.3, 0.4) is 0 Å². The Labute approximate surface area is 329 Å². The van der Waals surface area contributed by atoms with Crippen LogP contribution in [0.2, 0.25) is 0 Å². The van der Waals surface area contributed by atoms with Crippen LogP contribution in [0.4, 0.5) is 0 Å². The summed E-state index contributed by atoms with van der Waals surface area (Å²) < 4.78 is 40.3. The highest BCUT2D eigenvalue weighted by Crippen LogP contribution is 2.52. The average molecular weight is 820 g/mol. The van der Waals surface area contributed by atoms with Crippen LogP contribution in [0.1, 0.15) is 197 Å². The first-order valence-electron chi connectivity index (χ1n) is 21.0. The van der Waals surface area contributed by atoms with E-state index in [0.29, 0.717) is 39.6 Å². The Bertz CT molecular complexity index is 604. The van der Waals surface area contributed by atoms with Crippen LogP contribution in [0, 0.1) is 0 Å². The van der Waals surface area contributed by atoms with Gasteiger partial charge in [0.2, 0.25) is 0 Å². The summed E-state index contributed by atoms with van der Waals surface area (Å²) in [6.45, 7) is 21.8. The molecule has 0 aromatic carbocycles. The van der Waals surface area contributed by atoms with Gasteiger partial charge in [0.1, 0.15) is 0 Å². The molecule has 0 saturated carbocycles. The van der Waals surface area contributed by atoms with E-state index < -0.39 is 17.6 Å². The molecule has 0 saturated heterocycles. The summed E-state index contributed by atoms with van der Waals surface area (Å²) >= 11 is 0. The molecule has 6 nitrogen and oxygen atoms in total. The molecule has 0 aliphatic rings.